The average molecular weight is 574 g/mol. The number of hydrogen-bond donors (Lipinski definition) is 2. The van der Waals surface area contributed by atoms with E-state index in [-0.39, 0.29) is 29.4 Å². The normalized spacial score (nSPS) is 15.6. The highest BCUT2D eigenvalue weighted by atomic mass is 19.4. The molecule has 1 aromatic carbocycles. The van der Waals surface area contributed by atoms with E-state index in [2.05, 4.69) is 30.7 Å². The third kappa shape index (κ3) is 6.04. The van der Waals surface area contributed by atoms with Crippen molar-refractivity contribution in [2.24, 2.45) is 7.05 Å². The molecule has 41 heavy (non-hydrogen) atoms. The van der Waals surface area contributed by atoms with Gasteiger partial charge in [0.1, 0.15) is 29.1 Å². The van der Waals surface area contributed by atoms with Crippen LogP contribution in [0, 0.1) is 0 Å². The number of aromatic amines is 1. The molecule has 0 bridgehead atoms. The predicted octanol–water partition coefficient (Wildman–Crippen LogP) is 5.50. The third-order valence-electron chi connectivity index (χ3n) is 6.82. The maximum Gasteiger partial charge on any atom is 0.433 e. The lowest BCUT2D eigenvalue weighted by atomic mass is 9.75. The van der Waals surface area contributed by atoms with Crippen LogP contribution in [0.2, 0.25) is 0 Å². The van der Waals surface area contributed by atoms with Crippen LogP contribution >= 0.6 is 0 Å². The average Bonchev–Trinajstić information content (AvgIpc) is 3.44. The van der Waals surface area contributed by atoms with Gasteiger partial charge in [0, 0.05) is 29.8 Å². The van der Waals surface area contributed by atoms with Crippen LogP contribution in [0.1, 0.15) is 63.9 Å². The van der Waals surface area contributed by atoms with Gasteiger partial charge < -0.3 is 19.4 Å². The van der Waals surface area contributed by atoms with Gasteiger partial charge in [0.05, 0.1) is 30.5 Å². The summed E-state index contributed by atoms with van der Waals surface area (Å²) in [5.41, 5.74) is 0.00402. The zero-order chi connectivity index (χ0) is 28.9. The van der Waals surface area contributed by atoms with Crippen molar-refractivity contribution in [3.63, 3.8) is 0 Å². The number of H-pyrrole nitrogens is 1. The minimum absolute atomic E-state index is 0. The second-order valence-electron chi connectivity index (χ2n) is 11.1. The first kappa shape index (κ1) is 30.0. The molecule has 1 unspecified atom stereocenters. The molecule has 10 nitrogen and oxygen atoms in total. The molecule has 0 spiro atoms. The number of aryl methyl sites for hydroxylation is 1. The summed E-state index contributed by atoms with van der Waals surface area (Å²) in [7, 11) is 1.87. The first-order valence-corrected chi connectivity index (χ1v) is 12.7. The lowest BCUT2D eigenvalue weighted by Crippen LogP contribution is -2.49. The van der Waals surface area contributed by atoms with Crippen molar-refractivity contribution in [3.8, 4) is 11.3 Å². The number of carbonyl (C=O) groups is 1. The molecule has 1 amide bonds. The minimum atomic E-state index is -4.71. The van der Waals surface area contributed by atoms with Gasteiger partial charge in [-0.2, -0.15) is 18.3 Å². The fourth-order valence-corrected chi connectivity index (χ4v) is 4.76. The number of ether oxygens (including phenoxy) is 2. The Balaban J connectivity index is 0.00000387. The summed E-state index contributed by atoms with van der Waals surface area (Å²) >= 11 is 0. The van der Waals surface area contributed by atoms with Gasteiger partial charge >= 0.3 is 12.3 Å². The molecular weight excluding hydrogens is 539 g/mol. The second kappa shape index (κ2) is 10.8. The maximum absolute atomic E-state index is 13.9. The number of nitrogens with one attached hydrogen (secondary N) is 2. The third-order valence-corrected chi connectivity index (χ3v) is 6.82. The summed E-state index contributed by atoms with van der Waals surface area (Å²) in [5, 5.41) is 18.2. The molecule has 0 aliphatic carbocycles. The van der Waals surface area contributed by atoms with Crippen LogP contribution in [0.25, 0.3) is 22.2 Å². The van der Waals surface area contributed by atoms with E-state index in [9.17, 15) is 18.0 Å². The summed E-state index contributed by atoms with van der Waals surface area (Å²) in [4.78, 5) is 16.2. The lowest BCUT2D eigenvalue weighted by Gasteiger charge is -2.41. The molecule has 0 radical (unpaired) electrons. The molecule has 3 aromatic heterocycles. The van der Waals surface area contributed by atoms with Crippen LogP contribution in [-0.4, -0.2) is 54.9 Å². The first-order chi connectivity index (χ1) is 18.8. The van der Waals surface area contributed by atoms with Gasteiger partial charge in [0.2, 0.25) is 0 Å². The van der Waals surface area contributed by atoms with E-state index in [4.69, 9.17) is 9.47 Å². The smallest absolute Gasteiger partial charge is 0.433 e. The van der Waals surface area contributed by atoms with Crippen molar-refractivity contribution in [1.82, 2.24) is 35.3 Å². The summed E-state index contributed by atoms with van der Waals surface area (Å²) in [6.45, 7) is 7.58. The largest absolute Gasteiger partial charge is 0.444 e. The molecule has 4 heterocycles. The molecule has 1 aliphatic heterocycles. The highest BCUT2D eigenvalue weighted by Gasteiger charge is 2.42. The Bertz CT molecular complexity index is 1550. The molecule has 1 aliphatic rings. The Morgan fingerprint density at radius 1 is 1.24 bits per heavy atom. The number of nitrogens with zero attached hydrogens (tertiary/aromatic N) is 5. The Hall–Kier alpha value is -4.00. The van der Waals surface area contributed by atoms with Crippen LogP contribution in [0.5, 0.6) is 0 Å². The number of aromatic nitrogens is 6. The molecule has 1 atom stereocenters. The van der Waals surface area contributed by atoms with E-state index in [0.717, 1.165) is 17.5 Å². The van der Waals surface area contributed by atoms with Crippen molar-refractivity contribution >= 4 is 17.0 Å². The molecule has 2 N–H and O–H groups in total. The van der Waals surface area contributed by atoms with Gasteiger partial charge in [0.15, 0.2) is 0 Å². The van der Waals surface area contributed by atoms with Crippen LogP contribution in [-0.2, 0) is 34.5 Å². The second-order valence-corrected chi connectivity index (χ2v) is 11.1. The number of benzene rings is 1. The van der Waals surface area contributed by atoms with Crippen LogP contribution in [0.4, 0.5) is 18.0 Å². The number of amides is 1. The first-order valence-electron chi connectivity index (χ1n) is 12.7. The monoisotopic (exact) mass is 573 g/mol. The highest BCUT2D eigenvalue weighted by Crippen LogP contribution is 2.39. The van der Waals surface area contributed by atoms with E-state index in [1.54, 1.807) is 40.1 Å². The van der Waals surface area contributed by atoms with E-state index in [0.29, 0.717) is 30.9 Å². The summed E-state index contributed by atoms with van der Waals surface area (Å²) < 4.78 is 54.5. The Kier molecular flexibility index (Phi) is 7.87. The van der Waals surface area contributed by atoms with Gasteiger partial charge in [-0.1, -0.05) is 25.6 Å². The number of alkyl halides is 3. The topological polar surface area (TPSA) is 120 Å². The van der Waals surface area contributed by atoms with E-state index in [1.165, 1.54) is 0 Å². The number of halogens is 3. The van der Waals surface area contributed by atoms with Crippen molar-refractivity contribution in [2.45, 2.75) is 64.8 Å². The molecular formula is C28H34F3N7O3. The van der Waals surface area contributed by atoms with Gasteiger partial charge in [-0.15, -0.1) is 10.2 Å². The zero-order valence-electron chi connectivity index (χ0n) is 22.8. The number of alkyl carbamates (subject to hydrolysis) is 1. The lowest BCUT2D eigenvalue weighted by molar-refractivity contribution is -0.141. The van der Waals surface area contributed by atoms with Gasteiger partial charge in [-0.25, -0.2) is 9.78 Å². The van der Waals surface area contributed by atoms with Crippen molar-refractivity contribution in [2.75, 3.05) is 13.2 Å². The van der Waals surface area contributed by atoms with Gasteiger partial charge in [-0.3, -0.25) is 5.10 Å². The number of hydrogen-bond acceptors (Lipinski definition) is 7. The fraction of sp³-hybridized carbons (Fsp3) is 0.464. The number of rotatable bonds is 6. The van der Waals surface area contributed by atoms with Gasteiger partial charge in [-0.05, 0) is 45.4 Å². The van der Waals surface area contributed by atoms with E-state index < -0.39 is 29.6 Å². The Labute approximate surface area is 235 Å². The SMILES string of the molecule is C.CC(NC(=O)OC(C)(C)C)c1nc(C(F)(F)F)cc2c(-c3cccc(C4(Cc5nncn5C)COC4)c3)n[nH]c12. The molecule has 5 rings (SSSR count). The van der Waals surface area contributed by atoms with Crippen molar-refractivity contribution in [1.29, 1.82) is 0 Å². The summed E-state index contributed by atoms with van der Waals surface area (Å²) in [6, 6.07) is 7.61. The molecule has 4 aromatic rings. The summed E-state index contributed by atoms with van der Waals surface area (Å²) in [6.07, 6.45) is -3.25. The molecule has 13 heteroatoms. The molecule has 1 saturated heterocycles. The Morgan fingerprint density at radius 3 is 2.56 bits per heavy atom. The minimum Gasteiger partial charge on any atom is -0.444 e. The van der Waals surface area contributed by atoms with Crippen LogP contribution < -0.4 is 5.32 Å². The fourth-order valence-electron chi connectivity index (χ4n) is 4.76. The summed E-state index contributed by atoms with van der Waals surface area (Å²) in [5.74, 6) is 0.802. The number of carbonyl (C=O) groups excluding carboxylic acids is 1. The zero-order valence-corrected chi connectivity index (χ0v) is 22.8. The number of fused-ring (bicyclic) bond motifs is 1. The van der Waals surface area contributed by atoms with Crippen LogP contribution in [0.15, 0.2) is 36.7 Å². The quantitative estimate of drug-likeness (QED) is 0.312. The van der Waals surface area contributed by atoms with Crippen molar-refractivity contribution < 1.29 is 27.4 Å². The molecule has 220 valence electrons. The highest BCUT2D eigenvalue weighted by molar-refractivity contribution is 5.94. The molecule has 1 fully saturated rings. The molecule has 0 saturated carbocycles. The van der Waals surface area contributed by atoms with E-state index >= 15 is 0 Å². The van der Waals surface area contributed by atoms with Gasteiger partial charge in [0.25, 0.3) is 0 Å². The maximum atomic E-state index is 13.9. The van der Waals surface area contributed by atoms with E-state index in [1.807, 2.05) is 29.8 Å². The standard InChI is InChI=1S/C27H30F3N7O3.CH4/c1-15(32-24(38)40-25(2,3)4)21-23-18(10-19(33-21)27(28,29)30)22(35-36-23)16-7-6-8-17(9-16)26(12-39-13-26)11-20-34-31-14-37(20)5;/h6-10,14-15H,11-13H2,1-5H3,(H,32,38)(H,35,36);1H4. The van der Waals surface area contributed by atoms with Crippen LogP contribution in [0.3, 0.4) is 0 Å². The van der Waals surface area contributed by atoms with Crippen molar-refractivity contribution in [3.05, 3.63) is 59.4 Å². The Morgan fingerprint density at radius 2 is 1.98 bits per heavy atom. The predicted molar refractivity (Wildman–Crippen MR) is 146 cm³/mol. The number of pyridine rings is 1.